The summed E-state index contributed by atoms with van der Waals surface area (Å²) in [5.41, 5.74) is 1.86. The van der Waals surface area contributed by atoms with Gasteiger partial charge < -0.3 is 10.6 Å². The quantitative estimate of drug-likeness (QED) is 0.430. The second kappa shape index (κ2) is 9.12. The van der Waals surface area contributed by atoms with Crippen molar-refractivity contribution in [3.8, 4) is 0 Å². The first-order valence-corrected chi connectivity index (χ1v) is 9.13. The van der Waals surface area contributed by atoms with Crippen molar-refractivity contribution >= 4 is 17.3 Å². The topological polar surface area (TPSA) is 102 Å². The van der Waals surface area contributed by atoms with Gasteiger partial charge in [0.15, 0.2) is 5.49 Å². The van der Waals surface area contributed by atoms with Crippen LogP contribution in [0.25, 0.3) is 0 Å². The smallest absolute Gasteiger partial charge is 0.171 e. The molecule has 0 bridgehead atoms. The van der Waals surface area contributed by atoms with Crippen molar-refractivity contribution in [2.75, 3.05) is 10.6 Å². The van der Waals surface area contributed by atoms with Gasteiger partial charge in [0.25, 0.3) is 0 Å². The molecule has 4 N–H and O–H groups in total. The van der Waals surface area contributed by atoms with Gasteiger partial charge in [0.05, 0.1) is 5.69 Å². The Kier molecular flexibility index (Phi) is 6.89. The number of aromatic nitrogens is 3. The second-order valence-electron chi connectivity index (χ2n) is 6.62. The Morgan fingerprint density at radius 3 is 2.58 bits per heavy atom. The standard InChI is InChI=1S/C19H29N7/c1-5-15(6-2)24-17-10-16(23-12-14-8-7-9-22-11-14)19(21)26(25-17)18(20)13(3)4/h7-11,13,15,20-21,23H,5-6,12H2,1-4H3,(H,24,25). The van der Waals surface area contributed by atoms with Crippen molar-refractivity contribution < 1.29 is 0 Å². The maximum atomic E-state index is 8.46. The van der Waals surface area contributed by atoms with Crippen LogP contribution in [-0.2, 0) is 6.54 Å². The normalized spacial score (nSPS) is 11.0. The van der Waals surface area contributed by atoms with E-state index < -0.39 is 0 Å². The number of rotatable bonds is 8. The van der Waals surface area contributed by atoms with Crippen molar-refractivity contribution in [3.05, 3.63) is 41.6 Å². The molecule has 0 aromatic carbocycles. The second-order valence-corrected chi connectivity index (χ2v) is 6.62. The Balaban J connectivity index is 2.36. The van der Waals surface area contributed by atoms with Gasteiger partial charge >= 0.3 is 0 Å². The van der Waals surface area contributed by atoms with Gasteiger partial charge in [-0.2, -0.15) is 4.68 Å². The van der Waals surface area contributed by atoms with Gasteiger partial charge in [0, 0.05) is 37.0 Å². The number of nitrogens with zero attached hydrogens (tertiary/aromatic N) is 3. The zero-order chi connectivity index (χ0) is 19.1. The zero-order valence-electron chi connectivity index (χ0n) is 16.0. The number of pyridine rings is 1. The Hall–Kier alpha value is -2.70. The minimum atomic E-state index is -0.0221. The molecule has 0 aliphatic carbocycles. The van der Waals surface area contributed by atoms with Gasteiger partial charge in [0.2, 0.25) is 0 Å². The van der Waals surface area contributed by atoms with Crippen LogP contribution in [0.3, 0.4) is 0 Å². The molecule has 7 heteroatoms. The van der Waals surface area contributed by atoms with Crippen LogP contribution in [0.2, 0.25) is 0 Å². The van der Waals surface area contributed by atoms with Crippen LogP contribution in [0, 0.1) is 16.7 Å². The first kappa shape index (κ1) is 19.6. The summed E-state index contributed by atoms with van der Waals surface area (Å²) in [4.78, 5) is 4.12. The molecular weight excluding hydrogens is 326 g/mol. The van der Waals surface area contributed by atoms with E-state index in [2.05, 4.69) is 34.6 Å². The van der Waals surface area contributed by atoms with Crippen molar-refractivity contribution in [3.63, 3.8) is 0 Å². The van der Waals surface area contributed by atoms with Crippen LogP contribution in [0.4, 0.5) is 11.5 Å². The summed E-state index contributed by atoms with van der Waals surface area (Å²) < 4.78 is 1.40. The Morgan fingerprint density at radius 1 is 1.27 bits per heavy atom. The molecule has 140 valence electrons. The van der Waals surface area contributed by atoms with Gasteiger partial charge in [-0.15, -0.1) is 5.10 Å². The van der Waals surface area contributed by atoms with Crippen LogP contribution in [-0.4, -0.2) is 26.6 Å². The average Bonchev–Trinajstić information content (AvgIpc) is 2.66. The van der Waals surface area contributed by atoms with E-state index in [1.807, 2.05) is 32.0 Å². The first-order chi connectivity index (χ1) is 12.5. The molecule has 0 aliphatic heterocycles. The maximum Gasteiger partial charge on any atom is 0.171 e. The minimum Gasteiger partial charge on any atom is -0.378 e. The fourth-order valence-electron chi connectivity index (χ4n) is 2.53. The van der Waals surface area contributed by atoms with Crippen LogP contribution in [0.5, 0.6) is 0 Å². The maximum absolute atomic E-state index is 8.46. The van der Waals surface area contributed by atoms with E-state index in [0.29, 0.717) is 29.9 Å². The van der Waals surface area contributed by atoms with Crippen molar-refractivity contribution in [2.45, 2.75) is 53.1 Å². The highest BCUT2D eigenvalue weighted by Gasteiger charge is 2.14. The third-order valence-corrected chi connectivity index (χ3v) is 4.27. The van der Waals surface area contributed by atoms with Gasteiger partial charge in [0.1, 0.15) is 11.7 Å². The lowest BCUT2D eigenvalue weighted by Gasteiger charge is -2.19. The van der Waals surface area contributed by atoms with E-state index in [-0.39, 0.29) is 11.4 Å². The predicted octanol–water partition coefficient (Wildman–Crippen LogP) is 3.45. The van der Waals surface area contributed by atoms with E-state index in [1.165, 1.54) is 4.68 Å². The van der Waals surface area contributed by atoms with Crippen molar-refractivity contribution in [2.24, 2.45) is 5.92 Å². The predicted molar refractivity (Wildman–Crippen MR) is 106 cm³/mol. The molecule has 0 saturated carbocycles. The highest BCUT2D eigenvalue weighted by atomic mass is 15.3. The molecule has 2 heterocycles. The van der Waals surface area contributed by atoms with E-state index in [4.69, 9.17) is 10.8 Å². The van der Waals surface area contributed by atoms with E-state index in [1.54, 1.807) is 12.4 Å². The van der Waals surface area contributed by atoms with E-state index >= 15 is 0 Å². The van der Waals surface area contributed by atoms with Gasteiger partial charge in [-0.25, -0.2) is 0 Å². The lowest BCUT2D eigenvalue weighted by molar-refractivity contribution is 0.658. The molecule has 26 heavy (non-hydrogen) atoms. The SMILES string of the molecule is CCC(CC)Nc1cc(NCc2cccnc2)c(=N)n(C(=N)C(C)C)n1. The highest BCUT2D eigenvalue weighted by Crippen LogP contribution is 2.13. The van der Waals surface area contributed by atoms with Gasteiger partial charge in [-0.1, -0.05) is 33.8 Å². The van der Waals surface area contributed by atoms with Crippen LogP contribution >= 0.6 is 0 Å². The molecule has 0 atom stereocenters. The molecule has 0 radical (unpaired) electrons. The molecule has 0 amide bonds. The summed E-state index contributed by atoms with van der Waals surface area (Å²) in [6, 6.07) is 6.03. The first-order valence-electron chi connectivity index (χ1n) is 9.13. The Bertz CT molecular complexity index is 776. The molecule has 0 unspecified atom stereocenters. The molecule has 0 aliphatic rings. The zero-order valence-corrected chi connectivity index (χ0v) is 16.0. The summed E-state index contributed by atoms with van der Waals surface area (Å²) in [5, 5.41) is 27.9. The lowest BCUT2D eigenvalue weighted by Crippen LogP contribution is -2.35. The molecule has 2 rings (SSSR count). The van der Waals surface area contributed by atoms with Crippen molar-refractivity contribution in [1.82, 2.24) is 14.8 Å². The van der Waals surface area contributed by atoms with Crippen LogP contribution in [0.1, 0.15) is 46.1 Å². The Morgan fingerprint density at radius 2 is 2.00 bits per heavy atom. The molecule has 7 nitrogen and oxygen atoms in total. The summed E-state index contributed by atoms with van der Waals surface area (Å²) in [6.07, 6.45) is 5.51. The van der Waals surface area contributed by atoms with Gasteiger partial charge in [-0.3, -0.25) is 15.8 Å². The molecule has 2 aromatic rings. The monoisotopic (exact) mass is 355 g/mol. The summed E-state index contributed by atoms with van der Waals surface area (Å²) in [6.45, 7) is 8.68. The number of nitrogens with one attached hydrogen (secondary N) is 4. The third-order valence-electron chi connectivity index (χ3n) is 4.27. The lowest BCUT2D eigenvalue weighted by atomic mass is 10.2. The molecule has 0 saturated heterocycles. The molecular formula is C19H29N7. The number of anilines is 2. The summed E-state index contributed by atoms with van der Waals surface area (Å²) >= 11 is 0. The summed E-state index contributed by atoms with van der Waals surface area (Å²) in [5.74, 6) is 0.951. The molecule has 2 aromatic heterocycles. The third kappa shape index (κ3) is 4.91. The van der Waals surface area contributed by atoms with Crippen LogP contribution in [0.15, 0.2) is 30.6 Å². The van der Waals surface area contributed by atoms with E-state index in [0.717, 1.165) is 18.4 Å². The van der Waals surface area contributed by atoms with Gasteiger partial charge in [-0.05, 0) is 24.5 Å². The van der Waals surface area contributed by atoms with E-state index in [9.17, 15) is 0 Å². The number of hydrogen-bond donors (Lipinski definition) is 4. The fourth-order valence-corrected chi connectivity index (χ4v) is 2.53. The van der Waals surface area contributed by atoms with Crippen molar-refractivity contribution in [1.29, 1.82) is 10.8 Å². The largest absolute Gasteiger partial charge is 0.378 e. The minimum absolute atomic E-state index is 0.0221. The number of hydrogen-bond acceptors (Lipinski definition) is 6. The highest BCUT2D eigenvalue weighted by molar-refractivity contribution is 5.83. The molecule has 0 fully saturated rings. The Labute approximate surface area is 154 Å². The average molecular weight is 355 g/mol. The molecule has 0 spiro atoms. The fraction of sp³-hybridized carbons (Fsp3) is 0.474. The van der Waals surface area contributed by atoms with Crippen LogP contribution < -0.4 is 16.1 Å². The summed E-state index contributed by atoms with van der Waals surface area (Å²) in [7, 11) is 0.